The Hall–Kier alpha value is -0.0000000000000000763. The highest BCUT2D eigenvalue weighted by atomic mass is 32.2. The van der Waals surface area contributed by atoms with E-state index in [1.165, 1.54) is 23.5 Å². The van der Waals surface area contributed by atoms with E-state index in [9.17, 15) is 9.59 Å². The Bertz CT molecular complexity index is 295. The molecule has 0 radical (unpaired) electrons. The van der Waals surface area contributed by atoms with Gasteiger partial charge in [-0.1, -0.05) is 23.5 Å². The van der Waals surface area contributed by atoms with Crippen molar-refractivity contribution in [3.05, 3.63) is 0 Å². The van der Waals surface area contributed by atoms with Gasteiger partial charge in [-0.2, -0.15) is 0 Å². The van der Waals surface area contributed by atoms with Crippen molar-refractivity contribution in [2.75, 3.05) is 19.6 Å². The number of carbonyl (C=O) groups is 2. The standard InChI is InChI=1S/C11H17NO2S2/c1-8(13)15-11(16-9(2)14)7-12-5-3-10(11)4-6-12/h10H,3-7H2,1-2H3. The van der Waals surface area contributed by atoms with Crippen LogP contribution in [-0.4, -0.2) is 38.8 Å². The third kappa shape index (κ3) is 2.46. The molecule has 0 saturated carbocycles. The van der Waals surface area contributed by atoms with Crippen molar-refractivity contribution in [1.29, 1.82) is 0 Å². The predicted octanol–water partition coefficient (Wildman–Crippen LogP) is 1.97. The Kier molecular flexibility index (Phi) is 3.66. The lowest BCUT2D eigenvalue weighted by Gasteiger charge is -2.51. The number of hydrogen-bond acceptors (Lipinski definition) is 5. The van der Waals surface area contributed by atoms with Crippen molar-refractivity contribution in [2.24, 2.45) is 5.92 Å². The molecule has 5 heteroatoms. The highest BCUT2D eigenvalue weighted by Gasteiger charge is 2.49. The average Bonchev–Trinajstić information content (AvgIpc) is 2.16. The maximum absolute atomic E-state index is 11.4. The van der Waals surface area contributed by atoms with Crippen molar-refractivity contribution in [2.45, 2.75) is 30.8 Å². The summed E-state index contributed by atoms with van der Waals surface area (Å²) in [6.07, 6.45) is 2.25. The Morgan fingerprint density at radius 1 is 1.12 bits per heavy atom. The lowest BCUT2D eigenvalue weighted by Crippen LogP contribution is -2.56. The summed E-state index contributed by atoms with van der Waals surface area (Å²) in [6.45, 7) is 6.34. The summed E-state index contributed by atoms with van der Waals surface area (Å²) in [5, 5.41) is 0.255. The van der Waals surface area contributed by atoms with Crippen LogP contribution in [0.1, 0.15) is 26.7 Å². The molecular formula is C11H17NO2S2. The van der Waals surface area contributed by atoms with Gasteiger partial charge in [-0.05, 0) is 31.8 Å². The number of thioether (sulfide) groups is 2. The first kappa shape index (κ1) is 12.5. The van der Waals surface area contributed by atoms with Gasteiger partial charge in [0.1, 0.15) is 0 Å². The number of piperidine rings is 3. The first-order chi connectivity index (χ1) is 7.52. The van der Waals surface area contributed by atoms with Crippen LogP contribution in [0, 0.1) is 5.92 Å². The number of rotatable bonds is 2. The molecule has 3 fully saturated rings. The van der Waals surface area contributed by atoms with E-state index >= 15 is 0 Å². The zero-order chi connectivity index (χ0) is 11.8. The van der Waals surface area contributed by atoms with Gasteiger partial charge in [0.2, 0.25) is 0 Å². The van der Waals surface area contributed by atoms with Crippen molar-refractivity contribution >= 4 is 33.8 Å². The van der Waals surface area contributed by atoms with Gasteiger partial charge >= 0.3 is 0 Å². The van der Waals surface area contributed by atoms with Crippen LogP contribution in [0.3, 0.4) is 0 Å². The van der Waals surface area contributed by atoms with Crippen LogP contribution in [0.4, 0.5) is 0 Å². The van der Waals surface area contributed by atoms with Crippen molar-refractivity contribution in [3.8, 4) is 0 Å². The van der Waals surface area contributed by atoms with Crippen LogP contribution in [-0.2, 0) is 9.59 Å². The second kappa shape index (κ2) is 4.70. The first-order valence-electron chi connectivity index (χ1n) is 5.63. The molecule has 3 rings (SSSR count). The van der Waals surface area contributed by atoms with Crippen LogP contribution in [0.5, 0.6) is 0 Å². The summed E-state index contributed by atoms with van der Waals surface area (Å²) in [6, 6.07) is 0. The molecule has 2 bridgehead atoms. The molecule has 3 saturated heterocycles. The lowest BCUT2D eigenvalue weighted by molar-refractivity contribution is -0.109. The minimum atomic E-state index is -0.200. The molecule has 90 valence electrons. The minimum absolute atomic E-state index is 0.127. The number of hydrogen-bond donors (Lipinski definition) is 0. The van der Waals surface area contributed by atoms with E-state index in [1.54, 1.807) is 13.8 Å². The van der Waals surface area contributed by atoms with Crippen LogP contribution < -0.4 is 0 Å². The van der Waals surface area contributed by atoms with Gasteiger partial charge in [0.05, 0.1) is 4.08 Å². The molecule has 3 nitrogen and oxygen atoms in total. The molecule has 0 amide bonds. The maximum atomic E-state index is 11.4. The Labute approximate surface area is 105 Å². The molecular weight excluding hydrogens is 242 g/mol. The summed E-state index contributed by atoms with van der Waals surface area (Å²) in [7, 11) is 0. The second-order valence-corrected chi connectivity index (χ2v) is 7.82. The normalized spacial score (nSPS) is 31.4. The summed E-state index contributed by atoms with van der Waals surface area (Å²) in [5.74, 6) is 0.514. The molecule has 0 aromatic heterocycles. The molecule has 0 aromatic carbocycles. The van der Waals surface area contributed by atoms with E-state index in [0.717, 1.165) is 32.5 Å². The largest absolute Gasteiger partial charge is 0.301 e. The number of carbonyl (C=O) groups excluding carboxylic acids is 2. The van der Waals surface area contributed by atoms with Gasteiger partial charge in [-0.3, -0.25) is 9.59 Å². The maximum Gasteiger partial charge on any atom is 0.187 e. The van der Waals surface area contributed by atoms with Crippen molar-refractivity contribution in [1.82, 2.24) is 4.90 Å². The molecule has 3 heterocycles. The fraction of sp³-hybridized carbons (Fsp3) is 0.818. The summed E-state index contributed by atoms with van der Waals surface area (Å²) < 4.78 is -0.200. The molecule has 0 aliphatic carbocycles. The Morgan fingerprint density at radius 3 is 1.94 bits per heavy atom. The third-order valence-corrected chi connectivity index (χ3v) is 5.98. The zero-order valence-electron chi connectivity index (χ0n) is 9.69. The van der Waals surface area contributed by atoms with Gasteiger partial charge in [-0.15, -0.1) is 0 Å². The fourth-order valence-corrected chi connectivity index (χ4v) is 5.85. The van der Waals surface area contributed by atoms with E-state index in [-0.39, 0.29) is 14.3 Å². The van der Waals surface area contributed by atoms with Gasteiger partial charge < -0.3 is 4.90 Å². The predicted molar refractivity (Wildman–Crippen MR) is 68.4 cm³/mol. The summed E-state index contributed by atoms with van der Waals surface area (Å²) >= 11 is 2.75. The van der Waals surface area contributed by atoms with Crippen LogP contribution in [0.25, 0.3) is 0 Å². The SMILES string of the molecule is CC(=O)SC1(SC(C)=O)CN2CCC1CC2. The Balaban J connectivity index is 2.19. The van der Waals surface area contributed by atoms with E-state index in [1.807, 2.05) is 0 Å². The van der Waals surface area contributed by atoms with Crippen molar-refractivity contribution < 1.29 is 9.59 Å². The smallest absolute Gasteiger partial charge is 0.187 e. The third-order valence-electron chi connectivity index (χ3n) is 3.29. The fourth-order valence-electron chi connectivity index (χ4n) is 2.71. The van der Waals surface area contributed by atoms with E-state index < -0.39 is 0 Å². The van der Waals surface area contributed by atoms with E-state index in [4.69, 9.17) is 0 Å². The molecule has 16 heavy (non-hydrogen) atoms. The van der Waals surface area contributed by atoms with Crippen LogP contribution in [0.2, 0.25) is 0 Å². The molecule has 3 aliphatic rings. The first-order valence-corrected chi connectivity index (χ1v) is 7.27. The summed E-state index contributed by atoms with van der Waals surface area (Å²) in [4.78, 5) is 25.2. The average molecular weight is 259 g/mol. The molecule has 0 N–H and O–H groups in total. The van der Waals surface area contributed by atoms with Crippen LogP contribution >= 0.6 is 23.5 Å². The topological polar surface area (TPSA) is 37.4 Å². The Morgan fingerprint density at radius 2 is 1.62 bits per heavy atom. The molecule has 0 atom stereocenters. The number of fused-ring (bicyclic) bond motifs is 3. The number of nitrogens with zero attached hydrogens (tertiary/aromatic N) is 1. The molecule has 0 spiro atoms. The minimum Gasteiger partial charge on any atom is -0.301 e. The quantitative estimate of drug-likeness (QED) is 0.709. The monoisotopic (exact) mass is 259 g/mol. The molecule has 0 unspecified atom stereocenters. The van der Waals surface area contributed by atoms with Gasteiger partial charge in [0.15, 0.2) is 10.2 Å². The molecule has 0 aromatic rings. The van der Waals surface area contributed by atoms with Gasteiger partial charge in [0.25, 0.3) is 0 Å². The van der Waals surface area contributed by atoms with Crippen LogP contribution in [0.15, 0.2) is 0 Å². The van der Waals surface area contributed by atoms with Gasteiger partial charge in [0, 0.05) is 20.4 Å². The zero-order valence-corrected chi connectivity index (χ0v) is 11.3. The van der Waals surface area contributed by atoms with E-state index in [0.29, 0.717) is 5.92 Å². The van der Waals surface area contributed by atoms with E-state index in [2.05, 4.69) is 4.90 Å². The second-order valence-electron chi connectivity index (χ2n) is 4.55. The van der Waals surface area contributed by atoms with Gasteiger partial charge in [-0.25, -0.2) is 0 Å². The highest BCUT2D eigenvalue weighted by Crippen LogP contribution is 2.52. The highest BCUT2D eigenvalue weighted by molar-refractivity contribution is 8.30. The summed E-state index contributed by atoms with van der Waals surface area (Å²) in [5.41, 5.74) is 0. The van der Waals surface area contributed by atoms with Crippen molar-refractivity contribution in [3.63, 3.8) is 0 Å². The molecule has 3 aliphatic heterocycles. The lowest BCUT2D eigenvalue weighted by atomic mass is 9.87.